The van der Waals surface area contributed by atoms with Gasteiger partial charge in [-0.1, -0.05) is 74.8 Å². The number of carbonyl (C=O) groups excluding carboxylic acids is 6. The van der Waals surface area contributed by atoms with Crippen LogP contribution in [0.4, 0.5) is 4.79 Å². The summed E-state index contributed by atoms with van der Waals surface area (Å²) in [6.45, 7) is 22.7. The van der Waals surface area contributed by atoms with Gasteiger partial charge in [0.25, 0.3) is 5.91 Å². The van der Waals surface area contributed by atoms with Gasteiger partial charge in [-0.3, -0.25) is 19.2 Å². The number of hydrogen-bond acceptors (Lipinski definition) is 7. The van der Waals surface area contributed by atoms with Crippen LogP contribution in [0.2, 0.25) is 0 Å². The summed E-state index contributed by atoms with van der Waals surface area (Å²) in [5.41, 5.74) is -1.64. The van der Waals surface area contributed by atoms with Crippen molar-refractivity contribution in [2.45, 2.75) is 125 Å². The SMILES string of the molecule is C=CCNC(=O)C(=O)C(CCC)NC(=O)[C@@H]1[C@@H]2[C@H](CN1C(=O)[C@@H](NC(=O)N[C@H](C(=O)OC(C)C1CC1)C(C)(C)C)C(C)(C)C)C2(C)C. The van der Waals surface area contributed by atoms with Crippen LogP contribution >= 0.6 is 0 Å². The molecule has 2 saturated carbocycles. The highest BCUT2D eigenvalue weighted by Crippen LogP contribution is 2.65. The predicted octanol–water partition coefficient (Wildman–Crippen LogP) is 3.10. The first-order chi connectivity index (χ1) is 21.7. The van der Waals surface area contributed by atoms with Crippen LogP contribution in [0.1, 0.15) is 94.9 Å². The molecular weight excluding hydrogens is 602 g/mol. The summed E-state index contributed by atoms with van der Waals surface area (Å²) in [4.78, 5) is 81.8. The van der Waals surface area contributed by atoms with Crippen LogP contribution < -0.4 is 21.3 Å². The molecule has 12 heteroatoms. The lowest BCUT2D eigenvalue weighted by atomic mass is 9.85. The lowest BCUT2D eigenvalue weighted by Gasteiger charge is -2.38. The van der Waals surface area contributed by atoms with Crippen LogP contribution in [0.5, 0.6) is 0 Å². The number of ketones is 1. The van der Waals surface area contributed by atoms with Crippen LogP contribution in [-0.2, 0) is 28.7 Å². The molecule has 0 aromatic rings. The van der Waals surface area contributed by atoms with E-state index in [1.807, 2.05) is 69.2 Å². The molecule has 0 spiro atoms. The topological polar surface area (TPSA) is 163 Å². The summed E-state index contributed by atoms with van der Waals surface area (Å²) >= 11 is 0. The van der Waals surface area contributed by atoms with Gasteiger partial charge in [0.2, 0.25) is 17.6 Å². The van der Waals surface area contributed by atoms with Crippen molar-refractivity contribution in [3.05, 3.63) is 12.7 Å². The normalized spacial score (nSPS) is 24.0. The maximum atomic E-state index is 14.3. The molecule has 264 valence electrons. The number of likely N-dealkylation sites (tertiary alicyclic amines) is 1. The lowest BCUT2D eigenvalue weighted by Crippen LogP contribution is -2.62. The third-order valence-corrected chi connectivity index (χ3v) is 9.95. The van der Waals surface area contributed by atoms with Gasteiger partial charge >= 0.3 is 12.0 Å². The minimum atomic E-state index is -1.05. The number of esters is 1. The van der Waals surface area contributed by atoms with Gasteiger partial charge < -0.3 is 30.9 Å². The van der Waals surface area contributed by atoms with Gasteiger partial charge in [-0.25, -0.2) is 9.59 Å². The van der Waals surface area contributed by atoms with E-state index in [4.69, 9.17) is 4.74 Å². The maximum absolute atomic E-state index is 14.3. The smallest absolute Gasteiger partial charge is 0.329 e. The number of urea groups is 1. The molecule has 3 fully saturated rings. The van der Waals surface area contributed by atoms with Crippen molar-refractivity contribution in [2.75, 3.05) is 13.1 Å². The van der Waals surface area contributed by atoms with Crippen LogP contribution in [-0.4, -0.2) is 83.8 Å². The molecule has 0 radical (unpaired) electrons. The Balaban J connectivity index is 1.81. The van der Waals surface area contributed by atoms with Gasteiger partial charge in [-0.15, -0.1) is 6.58 Å². The van der Waals surface area contributed by atoms with E-state index in [2.05, 4.69) is 27.8 Å². The second kappa shape index (κ2) is 14.4. The number of hydrogen-bond donors (Lipinski definition) is 4. The number of nitrogens with zero attached hydrogens (tertiary/aromatic N) is 1. The summed E-state index contributed by atoms with van der Waals surface area (Å²) in [5.74, 6) is -2.79. The van der Waals surface area contributed by atoms with Crippen molar-refractivity contribution >= 4 is 35.5 Å². The van der Waals surface area contributed by atoms with E-state index in [9.17, 15) is 28.8 Å². The summed E-state index contributed by atoms with van der Waals surface area (Å²) in [7, 11) is 0. The standard InChI is InChI=1S/C35H57N5O7/c1-12-14-22(25(41)29(43)36-17-13-2)37-28(42)24-23-21(35(23,10)11)18-40(24)30(44)26(33(4,5)6)38-32(46)39-27(34(7,8)9)31(45)47-19(3)20-15-16-20/h13,19-24,26-27H,2,12,14-18H2,1,3-11H3,(H,36,43)(H,37,42)(H2,38,39,46)/t19?,21-,22?,23-,24-,26+,27+/m0/s1. The zero-order valence-corrected chi connectivity index (χ0v) is 30.0. The van der Waals surface area contributed by atoms with E-state index in [0.29, 0.717) is 18.9 Å². The number of amides is 5. The zero-order valence-electron chi connectivity index (χ0n) is 30.0. The minimum absolute atomic E-state index is 0.0568. The zero-order chi connectivity index (χ0) is 35.6. The number of fused-ring (bicyclic) bond motifs is 1. The van der Waals surface area contributed by atoms with Crippen molar-refractivity contribution < 1.29 is 33.5 Å². The van der Waals surface area contributed by atoms with Gasteiger partial charge in [-0.2, -0.15) is 0 Å². The molecule has 0 bridgehead atoms. The first-order valence-corrected chi connectivity index (χ1v) is 17.0. The van der Waals surface area contributed by atoms with Crippen molar-refractivity contribution in [1.82, 2.24) is 26.2 Å². The van der Waals surface area contributed by atoms with E-state index in [0.717, 1.165) is 12.8 Å². The number of carbonyl (C=O) groups is 6. The average molecular weight is 660 g/mol. The Bertz CT molecular complexity index is 1250. The third kappa shape index (κ3) is 8.93. The molecular formula is C35H57N5O7. The number of ether oxygens (including phenoxy) is 1. The van der Waals surface area contributed by atoms with Crippen molar-refractivity contribution in [2.24, 2.45) is 34.0 Å². The van der Waals surface area contributed by atoms with E-state index >= 15 is 0 Å². The molecule has 1 heterocycles. The van der Waals surface area contributed by atoms with Crippen LogP contribution in [0.25, 0.3) is 0 Å². The van der Waals surface area contributed by atoms with E-state index in [-0.39, 0.29) is 36.3 Å². The van der Waals surface area contributed by atoms with Crippen LogP contribution in [0, 0.1) is 34.0 Å². The van der Waals surface area contributed by atoms with Gasteiger partial charge in [0.1, 0.15) is 24.2 Å². The number of rotatable bonds is 14. The fourth-order valence-corrected chi connectivity index (χ4v) is 6.70. The predicted molar refractivity (Wildman–Crippen MR) is 178 cm³/mol. The molecule has 47 heavy (non-hydrogen) atoms. The molecule has 12 nitrogen and oxygen atoms in total. The molecule has 0 aromatic heterocycles. The Hall–Kier alpha value is -3.44. The minimum Gasteiger partial charge on any atom is -0.461 e. The van der Waals surface area contributed by atoms with Gasteiger partial charge in [0, 0.05) is 13.1 Å². The molecule has 3 rings (SSSR count). The summed E-state index contributed by atoms with van der Waals surface area (Å²) in [6.07, 6.45) is 4.03. The molecule has 1 aliphatic heterocycles. The molecule has 1 saturated heterocycles. The number of piperidine rings is 1. The molecule has 7 atom stereocenters. The maximum Gasteiger partial charge on any atom is 0.329 e. The average Bonchev–Trinajstić information content (AvgIpc) is 3.84. The highest BCUT2D eigenvalue weighted by molar-refractivity contribution is 6.38. The Labute approximate surface area is 279 Å². The quantitative estimate of drug-likeness (QED) is 0.127. The summed E-state index contributed by atoms with van der Waals surface area (Å²) in [6, 6.07) is -4.64. The number of nitrogens with one attached hydrogen (secondary N) is 4. The summed E-state index contributed by atoms with van der Waals surface area (Å²) < 4.78 is 5.69. The van der Waals surface area contributed by atoms with Crippen molar-refractivity contribution in [3.8, 4) is 0 Å². The molecule has 4 N–H and O–H groups in total. The third-order valence-electron chi connectivity index (χ3n) is 9.95. The van der Waals surface area contributed by atoms with Crippen LogP contribution in [0.3, 0.4) is 0 Å². The number of Topliss-reactive ketones (excluding diaryl/α,β-unsaturated/α-hetero) is 1. The second-order valence-electron chi connectivity index (χ2n) is 16.3. The molecule has 2 aliphatic carbocycles. The summed E-state index contributed by atoms with van der Waals surface area (Å²) in [5, 5.41) is 10.8. The van der Waals surface area contributed by atoms with Crippen molar-refractivity contribution in [3.63, 3.8) is 0 Å². The van der Waals surface area contributed by atoms with Crippen molar-refractivity contribution in [1.29, 1.82) is 0 Å². The first kappa shape index (κ1) is 38.0. The Morgan fingerprint density at radius 2 is 1.53 bits per heavy atom. The molecule has 2 unspecified atom stereocenters. The Morgan fingerprint density at radius 3 is 2.04 bits per heavy atom. The monoisotopic (exact) mass is 659 g/mol. The Kier molecular flexibility index (Phi) is 11.6. The van der Waals surface area contributed by atoms with Crippen LogP contribution in [0.15, 0.2) is 12.7 Å². The first-order valence-electron chi connectivity index (χ1n) is 17.0. The van der Waals surface area contributed by atoms with E-state index in [1.54, 1.807) is 0 Å². The second-order valence-corrected chi connectivity index (χ2v) is 16.3. The van der Waals surface area contributed by atoms with Gasteiger partial charge in [-0.05, 0) is 60.2 Å². The highest BCUT2D eigenvalue weighted by Gasteiger charge is 2.70. The fraction of sp³-hybridized carbons (Fsp3) is 0.771. The molecule has 3 aliphatic rings. The van der Waals surface area contributed by atoms with E-state index in [1.165, 1.54) is 11.0 Å². The lowest BCUT2D eigenvalue weighted by molar-refractivity contribution is -0.154. The highest BCUT2D eigenvalue weighted by atomic mass is 16.5. The fourth-order valence-electron chi connectivity index (χ4n) is 6.70. The van der Waals surface area contributed by atoms with E-state index < -0.39 is 70.5 Å². The van der Waals surface area contributed by atoms with Gasteiger partial charge in [0.15, 0.2) is 0 Å². The Morgan fingerprint density at radius 1 is 0.957 bits per heavy atom. The molecule has 0 aromatic carbocycles. The molecule has 5 amide bonds. The van der Waals surface area contributed by atoms with Gasteiger partial charge in [0.05, 0.1) is 6.04 Å². The largest absolute Gasteiger partial charge is 0.461 e.